The first-order valence-corrected chi connectivity index (χ1v) is 5.47. The number of pyridine rings is 1. The zero-order chi connectivity index (χ0) is 11.7. The molecular formula is C12H17N3O. The van der Waals surface area contributed by atoms with E-state index in [1.54, 1.807) is 0 Å². The van der Waals surface area contributed by atoms with Gasteiger partial charge in [-0.1, -0.05) is 19.9 Å². The van der Waals surface area contributed by atoms with E-state index in [0.29, 0.717) is 5.92 Å². The number of aliphatic hydroxyl groups is 1. The number of fused-ring (bicyclic) bond motifs is 1. The highest BCUT2D eigenvalue weighted by molar-refractivity contribution is 5.55. The lowest BCUT2D eigenvalue weighted by Crippen LogP contribution is -2.15. The van der Waals surface area contributed by atoms with Crippen molar-refractivity contribution in [1.29, 1.82) is 0 Å². The molecule has 0 fully saturated rings. The molecule has 2 heterocycles. The van der Waals surface area contributed by atoms with Crippen LogP contribution >= 0.6 is 0 Å². The monoisotopic (exact) mass is 219 g/mol. The van der Waals surface area contributed by atoms with Crippen LogP contribution in [0.15, 0.2) is 24.5 Å². The number of aromatic nitrogens is 2. The Morgan fingerprint density at radius 1 is 1.50 bits per heavy atom. The molecule has 4 nitrogen and oxygen atoms in total. The van der Waals surface area contributed by atoms with Gasteiger partial charge in [0, 0.05) is 12.1 Å². The summed E-state index contributed by atoms with van der Waals surface area (Å²) in [4.78, 5) is 4.40. The third kappa shape index (κ3) is 1.70. The molecule has 4 heteroatoms. The largest absolute Gasteiger partial charge is 0.394 e. The molecule has 0 saturated carbocycles. The Bertz CT molecular complexity index is 490. The van der Waals surface area contributed by atoms with Crippen molar-refractivity contribution in [3.8, 4) is 0 Å². The number of nitrogens with two attached hydrogens (primary N) is 1. The van der Waals surface area contributed by atoms with Crippen LogP contribution in [0.1, 0.15) is 37.2 Å². The molecule has 0 amide bonds. The van der Waals surface area contributed by atoms with Crippen molar-refractivity contribution in [2.24, 2.45) is 5.73 Å². The molecule has 2 aromatic heterocycles. The van der Waals surface area contributed by atoms with Crippen LogP contribution in [0.25, 0.3) is 5.52 Å². The molecule has 16 heavy (non-hydrogen) atoms. The van der Waals surface area contributed by atoms with E-state index in [1.807, 2.05) is 28.9 Å². The predicted molar refractivity (Wildman–Crippen MR) is 63.3 cm³/mol. The third-order valence-electron chi connectivity index (χ3n) is 2.74. The molecule has 2 rings (SSSR count). The van der Waals surface area contributed by atoms with Crippen LogP contribution in [0.3, 0.4) is 0 Å². The van der Waals surface area contributed by atoms with Gasteiger partial charge in [-0.3, -0.25) is 0 Å². The standard InChI is InChI=1S/C12H17N3O/c1-8(2)12-14-6-11-9(10(13)7-16)4-3-5-15(11)12/h3-6,8,10,16H,7,13H2,1-2H3. The maximum Gasteiger partial charge on any atom is 0.115 e. The smallest absolute Gasteiger partial charge is 0.115 e. The van der Waals surface area contributed by atoms with Crippen LogP contribution in [0.4, 0.5) is 0 Å². The Morgan fingerprint density at radius 2 is 2.25 bits per heavy atom. The molecule has 1 atom stereocenters. The normalized spacial score (nSPS) is 13.6. The molecule has 2 aromatic rings. The van der Waals surface area contributed by atoms with Gasteiger partial charge >= 0.3 is 0 Å². The van der Waals surface area contributed by atoms with Gasteiger partial charge in [0.25, 0.3) is 0 Å². The fourth-order valence-corrected chi connectivity index (χ4v) is 1.90. The lowest BCUT2D eigenvalue weighted by Gasteiger charge is -2.11. The molecule has 0 radical (unpaired) electrons. The Labute approximate surface area is 94.7 Å². The van der Waals surface area contributed by atoms with Crippen LogP contribution in [-0.4, -0.2) is 21.1 Å². The number of imidazole rings is 1. The summed E-state index contributed by atoms with van der Waals surface area (Å²) in [5.41, 5.74) is 7.77. The summed E-state index contributed by atoms with van der Waals surface area (Å²) < 4.78 is 2.04. The van der Waals surface area contributed by atoms with E-state index >= 15 is 0 Å². The third-order valence-corrected chi connectivity index (χ3v) is 2.74. The Hall–Kier alpha value is -1.39. The quantitative estimate of drug-likeness (QED) is 0.821. The second-order valence-electron chi connectivity index (χ2n) is 4.28. The van der Waals surface area contributed by atoms with Crippen LogP contribution in [0, 0.1) is 0 Å². The van der Waals surface area contributed by atoms with Gasteiger partial charge in [-0.2, -0.15) is 0 Å². The second-order valence-corrected chi connectivity index (χ2v) is 4.28. The maximum atomic E-state index is 9.11. The molecule has 0 aliphatic carbocycles. The molecule has 0 aromatic carbocycles. The minimum Gasteiger partial charge on any atom is -0.394 e. The van der Waals surface area contributed by atoms with Gasteiger partial charge in [0.1, 0.15) is 5.82 Å². The molecule has 1 unspecified atom stereocenters. The van der Waals surface area contributed by atoms with E-state index in [0.717, 1.165) is 16.9 Å². The Balaban J connectivity index is 2.62. The lowest BCUT2D eigenvalue weighted by atomic mass is 10.1. The van der Waals surface area contributed by atoms with Crippen LogP contribution in [0.2, 0.25) is 0 Å². The van der Waals surface area contributed by atoms with E-state index in [2.05, 4.69) is 18.8 Å². The Kier molecular flexibility index (Phi) is 2.94. The summed E-state index contributed by atoms with van der Waals surface area (Å²) in [5.74, 6) is 1.38. The maximum absolute atomic E-state index is 9.11. The number of hydrogen-bond acceptors (Lipinski definition) is 3. The van der Waals surface area contributed by atoms with Gasteiger partial charge in [-0.25, -0.2) is 4.98 Å². The second kappa shape index (κ2) is 4.23. The van der Waals surface area contributed by atoms with Crippen molar-refractivity contribution in [3.05, 3.63) is 35.9 Å². The molecule has 0 spiro atoms. The summed E-state index contributed by atoms with van der Waals surface area (Å²) in [6, 6.07) is 3.52. The molecule has 86 valence electrons. The summed E-state index contributed by atoms with van der Waals surface area (Å²) in [7, 11) is 0. The average Bonchev–Trinajstić information content (AvgIpc) is 2.71. The molecule has 0 aliphatic rings. The van der Waals surface area contributed by atoms with Crippen molar-refractivity contribution in [2.45, 2.75) is 25.8 Å². The minimum atomic E-state index is -0.347. The SMILES string of the molecule is CC(C)c1ncc2c(C(N)CO)cccn12. The topological polar surface area (TPSA) is 63.5 Å². The number of hydrogen-bond donors (Lipinski definition) is 2. The highest BCUT2D eigenvalue weighted by Gasteiger charge is 2.13. The van der Waals surface area contributed by atoms with Crippen LogP contribution in [0.5, 0.6) is 0 Å². The highest BCUT2D eigenvalue weighted by atomic mass is 16.3. The zero-order valence-electron chi connectivity index (χ0n) is 9.59. The van der Waals surface area contributed by atoms with Gasteiger partial charge < -0.3 is 15.2 Å². The van der Waals surface area contributed by atoms with Gasteiger partial charge in [-0.05, 0) is 11.6 Å². The van der Waals surface area contributed by atoms with Crippen LogP contribution in [-0.2, 0) is 0 Å². The van der Waals surface area contributed by atoms with Crippen LogP contribution < -0.4 is 5.73 Å². The average molecular weight is 219 g/mol. The van der Waals surface area contributed by atoms with Gasteiger partial charge in [0.2, 0.25) is 0 Å². The van der Waals surface area contributed by atoms with Crippen molar-refractivity contribution < 1.29 is 5.11 Å². The van der Waals surface area contributed by atoms with Gasteiger partial charge in [0.05, 0.1) is 24.4 Å². The van der Waals surface area contributed by atoms with Crippen molar-refractivity contribution >= 4 is 5.52 Å². The van der Waals surface area contributed by atoms with Crippen molar-refractivity contribution in [3.63, 3.8) is 0 Å². The van der Waals surface area contributed by atoms with E-state index in [1.165, 1.54) is 0 Å². The molecule has 0 saturated heterocycles. The number of aliphatic hydroxyl groups excluding tert-OH is 1. The summed E-state index contributed by atoms with van der Waals surface area (Å²) in [5, 5.41) is 9.11. The van der Waals surface area contributed by atoms with Gasteiger partial charge in [-0.15, -0.1) is 0 Å². The Morgan fingerprint density at radius 3 is 2.88 bits per heavy atom. The summed E-state index contributed by atoms with van der Waals surface area (Å²) in [6.45, 7) is 4.16. The molecule has 3 N–H and O–H groups in total. The molecule has 0 aliphatic heterocycles. The molecular weight excluding hydrogens is 202 g/mol. The fraction of sp³-hybridized carbons (Fsp3) is 0.417. The van der Waals surface area contributed by atoms with E-state index in [9.17, 15) is 0 Å². The van der Waals surface area contributed by atoms with E-state index in [4.69, 9.17) is 10.8 Å². The predicted octanol–water partition coefficient (Wildman–Crippen LogP) is 1.45. The zero-order valence-corrected chi connectivity index (χ0v) is 9.59. The first-order valence-electron chi connectivity index (χ1n) is 5.47. The van der Waals surface area contributed by atoms with Gasteiger partial charge in [0.15, 0.2) is 0 Å². The first kappa shape index (κ1) is 11.1. The first-order chi connectivity index (χ1) is 7.65. The highest BCUT2D eigenvalue weighted by Crippen LogP contribution is 2.21. The van der Waals surface area contributed by atoms with Crippen molar-refractivity contribution in [2.75, 3.05) is 6.61 Å². The molecule has 0 bridgehead atoms. The fourth-order valence-electron chi connectivity index (χ4n) is 1.90. The van der Waals surface area contributed by atoms with Crippen molar-refractivity contribution in [1.82, 2.24) is 9.38 Å². The summed E-state index contributed by atoms with van der Waals surface area (Å²) in [6.07, 6.45) is 3.80. The summed E-state index contributed by atoms with van der Waals surface area (Å²) >= 11 is 0. The number of nitrogens with zero attached hydrogens (tertiary/aromatic N) is 2. The lowest BCUT2D eigenvalue weighted by molar-refractivity contribution is 0.268. The van der Waals surface area contributed by atoms with E-state index in [-0.39, 0.29) is 12.6 Å². The van der Waals surface area contributed by atoms with E-state index < -0.39 is 0 Å². The number of rotatable bonds is 3. The minimum absolute atomic E-state index is 0.0537.